The number of hydrogen-bond acceptors (Lipinski definition) is 4. The van der Waals surface area contributed by atoms with Crippen LogP contribution in [0.1, 0.15) is 16.7 Å². The van der Waals surface area contributed by atoms with E-state index in [0.29, 0.717) is 11.5 Å². The quantitative estimate of drug-likeness (QED) is 0.786. The fraction of sp³-hybridized carbons (Fsp3) is 0.375. The van der Waals surface area contributed by atoms with E-state index in [-0.39, 0.29) is 13.1 Å². The Morgan fingerprint density at radius 1 is 1.23 bits per heavy atom. The summed E-state index contributed by atoms with van der Waals surface area (Å²) in [6.45, 7) is 4.64. The third-order valence-corrected chi connectivity index (χ3v) is 5.44. The normalized spacial score (nSPS) is 12.0. The molecule has 0 radical (unpaired) electrons. The van der Waals surface area contributed by atoms with Crippen LogP contribution in [0.2, 0.25) is 0 Å². The monoisotopic (exact) mass is 323 g/mol. The molecule has 0 unspecified atom stereocenters. The summed E-state index contributed by atoms with van der Waals surface area (Å²) < 4.78 is 37.4. The van der Waals surface area contributed by atoms with Crippen molar-refractivity contribution < 1.29 is 17.6 Å². The second-order valence-electron chi connectivity index (χ2n) is 5.23. The van der Waals surface area contributed by atoms with E-state index in [1.54, 1.807) is 25.5 Å². The van der Waals surface area contributed by atoms with Gasteiger partial charge in [0.25, 0.3) is 0 Å². The van der Waals surface area contributed by atoms with Crippen molar-refractivity contribution in [2.24, 2.45) is 0 Å². The van der Waals surface area contributed by atoms with E-state index < -0.39 is 10.0 Å². The number of furan rings is 1. The van der Waals surface area contributed by atoms with Crippen LogP contribution in [0.5, 0.6) is 0 Å². The number of aryl methyl sites for hydroxylation is 2. The van der Waals surface area contributed by atoms with Crippen LogP contribution < -0.4 is 0 Å². The molecule has 1 aromatic carbocycles. The Balaban J connectivity index is 2.35. The Bertz CT molecular complexity index is 708. The molecule has 1 aromatic heterocycles. The second-order valence-corrected chi connectivity index (χ2v) is 7.14. The standard InChI is InChI=1S/C16H21NO4S/c1-13-4-5-16(14(2)10-13)22(18,19)17(7-9-20-3)11-15-6-8-21-12-15/h4-6,8,10,12H,7,9,11H2,1-3H3. The lowest BCUT2D eigenvalue weighted by Gasteiger charge is -2.22. The molecule has 0 aliphatic rings. The van der Waals surface area contributed by atoms with Gasteiger partial charge in [0.2, 0.25) is 10.0 Å². The van der Waals surface area contributed by atoms with Crippen LogP contribution in [-0.4, -0.2) is 33.0 Å². The van der Waals surface area contributed by atoms with Gasteiger partial charge in [0.05, 0.1) is 24.0 Å². The summed E-state index contributed by atoms with van der Waals surface area (Å²) in [6.07, 6.45) is 3.09. The van der Waals surface area contributed by atoms with Crippen molar-refractivity contribution in [2.75, 3.05) is 20.3 Å². The Morgan fingerprint density at radius 2 is 2.00 bits per heavy atom. The molecule has 0 atom stereocenters. The van der Waals surface area contributed by atoms with E-state index >= 15 is 0 Å². The highest BCUT2D eigenvalue weighted by Gasteiger charge is 2.26. The highest BCUT2D eigenvalue weighted by Crippen LogP contribution is 2.22. The van der Waals surface area contributed by atoms with E-state index in [1.807, 2.05) is 26.0 Å². The van der Waals surface area contributed by atoms with Crippen LogP contribution in [0.4, 0.5) is 0 Å². The van der Waals surface area contributed by atoms with E-state index in [9.17, 15) is 8.42 Å². The first-order valence-corrected chi connectivity index (χ1v) is 8.46. The van der Waals surface area contributed by atoms with Crippen molar-refractivity contribution in [1.29, 1.82) is 0 Å². The molecule has 0 aliphatic carbocycles. The number of nitrogens with zero attached hydrogens (tertiary/aromatic N) is 1. The predicted molar refractivity (Wildman–Crippen MR) is 84.1 cm³/mol. The minimum Gasteiger partial charge on any atom is -0.472 e. The molecular weight excluding hydrogens is 302 g/mol. The fourth-order valence-corrected chi connectivity index (χ4v) is 3.91. The van der Waals surface area contributed by atoms with Gasteiger partial charge in [-0.3, -0.25) is 0 Å². The molecule has 0 N–H and O–H groups in total. The van der Waals surface area contributed by atoms with E-state index in [2.05, 4.69) is 0 Å². The molecule has 0 amide bonds. The van der Waals surface area contributed by atoms with Crippen molar-refractivity contribution in [3.63, 3.8) is 0 Å². The first-order chi connectivity index (χ1) is 10.4. The largest absolute Gasteiger partial charge is 0.472 e. The summed E-state index contributed by atoms with van der Waals surface area (Å²) in [5.74, 6) is 0. The summed E-state index contributed by atoms with van der Waals surface area (Å²) >= 11 is 0. The zero-order valence-electron chi connectivity index (χ0n) is 13.1. The average molecular weight is 323 g/mol. The molecule has 0 fully saturated rings. The summed E-state index contributed by atoms with van der Waals surface area (Å²) in [6, 6.07) is 7.11. The maximum absolute atomic E-state index is 12.9. The second kappa shape index (κ2) is 7.09. The maximum Gasteiger partial charge on any atom is 0.243 e. The average Bonchev–Trinajstić information content (AvgIpc) is 2.95. The van der Waals surface area contributed by atoms with Gasteiger partial charge in [-0.25, -0.2) is 8.42 Å². The number of sulfonamides is 1. The molecule has 120 valence electrons. The van der Waals surface area contributed by atoms with Gasteiger partial charge in [-0.2, -0.15) is 4.31 Å². The Kier molecular flexibility index (Phi) is 5.39. The highest BCUT2D eigenvalue weighted by molar-refractivity contribution is 7.89. The SMILES string of the molecule is COCCN(Cc1ccoc1)S(=O)(=O)c1ccc(C)cc1C. The van der Waals surface area contributed by atoms with Crippen LogP contribution in [0.25, 0.3) is 0 Å². The van der Waals surface area contributed by atoms with Crippen molar-refractivity contribution in [2.45, 2.75) is 25.3 Å². The lowest BCUT2D eigenvalue weighted by molar-refractivity contribution is 0.177. The number of rotatable bonds is 7. The lowest BCUT2D eigenvalue weighted by Crippen LogP contribution is -2.33. The number of methoxy groups -OCH3 is 1. The van der Waals surface area contributed by atoms with Gasteiger partial charge in [-0.1, -0.05) is 17.7 Å². The summed E-state index contributed by atoms with van der Waals surface area (Å²) in [5, 5.41) is 0. The van der Waals surface area contributed by atoms with Crippen LogP contribution in [-0.2, 0) is 21.3 Å². The lowest BCUT2D eigenvalue weighted by atomic mass is 10.2. The van der Waals surface area contributed by atoms with Gasteiger partial charge >= 0.3 is 0 Å². The molecule has 6 heteroatoms. The van der Waals surface area contributed by atoms with Gasteiger partial charge < -0.3 is 9.15 Å². The minimum absolute atomic E-state index is 0.259. The van der Waals surface area contributed by atoms with Gasteiger partial charge in [0.1, 0.15) is 0 Å². The molecule has 0 saturated carbocycles. The van der Waals surface area contributed by atoms with E-state index in [4.69, 9.17) is 9.15 Å². The van der Waals surface area contributed by atoms with Gasteiger partial charge in [0.15, 0.2) is 0 Å². The molecule has 22 heavy (non-hydrogen) atoms. The predicted octanol–water partition coefficient (Wildman–Crippen LogP) is 2.73. The van der Waals surface area contributed by atoms with Crippen LogP contribution in [0.3, 0.4) is 0 Å². The zero-order chi connectivity index (χ0) is 16.2. The Labute approximate surface area is 131 Å². The third-order valence-electron chi connectivity index (χ3n) is 3.43. The van der Waals surface area contributed by atoms with Crippen molar-refractivity contribution in [3.05, 3.63) is 53.5 Å². The number of benzene rings is 1. The molecule has 2 rings (SSSR count). The molecule has 0 bridgehead atoms. The number of hydrogen-bond donors (Lipinski definition) is 0. The maximum atomic E-state index is 12.9. The van der Waals surface area contributed by atoms with Crippen molar-refractivity contribution in [3.8, 4) is 0 Å². The van der Waals surface area contributed by atoms with Gasteiger partial charge in [-0.15, -0.1) is 0 Å². The molecule has 0 spiro atoms. The molecular formula is C16H21NO4S. The summed E-state index contributed by atoms with van der Waals surface area (Å²) in [5.41, 5.74) is 2.59. The fourth-order valence-electron chi connectivity index (χ4n) is 2.29. The zero-order valence-corrected chi connectivity index (χ0v) is 13.9. The smallest absolute Gasteiger partial charge is 0.243 e. The van der Waals surface area contributed by atoms with E-state index in [0.717, 1.165) is 16.7 Å². The van der Waals surface area contributed by atoms with E-state index in [1.165, 1.54) is 10.6 Å². The summed E-state index contributed by atoms with van der Waals surface area (Å²) in [7, 11) is -2.03. The molecule has 1 heterocycles. The molecule has 0 saturated heterocycles. The molecule has 0 aliphatic heterocycles. The van der Waals surface area contributed by atoms with Crippen LogP contribution in [0, 0.1) is 13.8 Å². The Morgan fingerprint density at radius 3 is 2.59 bits per heavy atom. The Hall–Kier alpha value is -1.63. The van der Waals surface area contributed by atoms with Gasteiger partial charge in [0, 0.05) is 25.8 Å². The molecule has 2 aromatic rings. The van der Waals surface area contributed by atoms with Crippen LogP contribution in [0.15, 0.2) is 46.1 Å². The minimum atomic E-state index is -3.59. The first kappa shape index (κ1) is 16.7. The summed E-state index contributed by atoms with van der Waals surface area (Å²) in [4.78, 5) is 0.331. The number of ether oxygens (including phenoxy) is 1. The van der Waals surface area contributed by atoms with Crippen molar-refractivity contribution in [1.82, 2.24) is 4.31 Å². The van der Waals surface area contributed by atoms with Crippen LogP contribution >= 0.6 is 0 Å². The first-order valence-electron chi connectivity index (χ1n) is 7.02. The topological polar surface area (TPSA) is 59.8 Å². The highest BCUT2D eigenvalue weighted by atomic mass is 32.2. The third kappa shape index (κ3) is 3.76. The van der Waals surface area contributed by atoms with Gasteiger partial charge in [-0.05, 0) is 31.5 Å². The van der Waals surface area contributed by atoms with Crippen molar-refractivity contribution >= 4 is 10.0 Å². The molecule has 5 nitrogen and oxygen atoms in total.